The molecular formula is C30H31N7O. The van der Waals surface area contributed by atoms with E-state index in [2.05, 4.69) is 56.2 Å². The van der Waals surface area contributed by atoms with Crippen molar-refractivity contribution in [3.05, 3.63) is 84.1 Å². The van der Waals surface area contributed by atoms with Crippen molar-refractivity contribution in [3.8, 4) is 18.4 Å². The SMILES string of the molecule is C#Cc1ccc(CNc2cc(Nc3ccc(N4CCN(CC)CC4)cc3NC(=O)C=C)ncc2C#N)cc1. The van der Waals surface area contributed by atoms with Crippen molar-refractivity contribution >= 4 is 34.5 Å². The molecule has 8 nitrogen and oxygen atoms in total. The molecule has 4 rings (SSSR count). The highest BCUT2D eigenvalue weighted by atomic mass is 16.1. The van der Waals surface area contributed by atoms with Gasteiger partial charge in [-0.3, -0.25) is 4.79 Å². The fourth-order valence-corrected chi connectivity index (χ4v) is 4.26. The number of amides is 1. The van der Waals surface area contributed by atoms with E-state index >= 15 is 0 Å². The molecule has 0 bridgehead atoms. The second kappa shape index (κ2) is 12.4. The minimum atomic E-state index is -0.299. The molecule has 1 aliphatic heterocycles. The van der Waals surface area contributed by atoms with Crippen LogP contribution in [0.25, 0.3) is 0 Å². The zero-order valence-corrected chi connectivity index (χ0v) is 21.5. The van der Waals surface area contributed by atoms with Crippen LogP contribution in [-0.4, -0.2) is 48.5 Å². The van der Waals surface area contributed by atoms with Crippen LogP contribution >= 0.6 is 0 Å². The summed E-state index contributed by atoms with van der Waals surface area (Å²) in [6.45, 7) is 11.2. The minimum absolute atomic E-state index is 0.299. The maximum absolute atomic E-state index is 12.2. The van der Waals surface area contributed by atoms with Crippen LogP contribution in [0.5, 0.6) is 0 Å². The first-order chi connectivity index (χ1) is 18.5. The van der Waals surface area contributed by atoms with Gasteiger partial charge in [0.15, 0.2) is 0 Å². The molecule has 1 aromatic heterocycles. The Morgan fingerprint density at radius 1 is 1.11 bits per heavy atom. The van der Waals surface area contributed by atoms with Crippen LogP contribution in [0, 0.1) is 23.7 Å². The van der Waals surface area contributed by atoms with Gasteiger partial charge in [0.1, 0.15) is 11.9 Å². The lowest BCUT2D eigenvalue weighted by Gasteiger charge is -2.35. The Kier molecular flexibility index (Phi) is 8.61. The lowest BCUT2D eigenvalue weighted by Crippen LogP contribution is -2.46. The van der Waals surface area contributed by atoms with Crippen molar-refractivity contribution in [1.82, 2.24) is 9.88 Å². The third-order valence-electron chi connectivity index (χ3n) is 6.52. The van der Waals surface area contributed by atoms with Crippen LogP contribution in [0.15, 0.2) is 67.4 Å². The van der Waals surface area contributed by atoms with Gasteiger partial charge < -0.3 is 25.8 Å². The molecule has 1 amide bonds. The summed E-state index contributed by atoms with van der Waals surface area (Å²) in [4.78, 5) is 21.3. The number of pyridine rings is 1. The molecule has 0 aliphatic carbocycles. The number of carbonyl (C=O) groups excluding carboxylic acids is 1. The molecule has 3 N–H and O–H groups in total. The van der Waals surface area contributed by atoms with Gasteiger partial charge in [-0.15, -0.1) is 6.42 Å². The monoisotopic (exact) mass is 505 g/mol. The zero-order valence-electron chi connectivity index (χ0n) is 21.5. The molecule has 1 saturated heterocycles. The van der Waals surface area contributed by atoms with Crippen molar-refractivity contribution in [3.63, 3.8) is 0 Å². The van der Waals surface area contributed by atoms with Gasteiger partial charge in [0.05, 0.1) is 22.6 Å². The van der Waals surface area contributed by atoms with E-state index in [1.807, 2.05) is 42.5 Å². The van der Waals surface area contributed by atoms with Crippen LogP contribution in [0.1, 0.15) is 23.6 Å². The molecule has 1 fully saturated rings. The number of hydrogen-bond donors (Lipinski definition) is 3. The van der Waals surface area contributed by atoms with Gasteiger partial charge >= 0.3 is 0 Å². The van der Waals surface area contributed by atoms with E-state index in [1.54, 1.807) is 6.07 Å². The third kappa shape index (κ3) is 6.50. The van der Waals surface area contributed by atoms with Crippen molar-refractivity contribution in [1.29, 1.82) is 5.26 Å². The number of likely N-dealkylation sites (N-methyl/N-ethyl adjacent to an activating group) is 1. The number of benzene rings is 2. The minimum Gasteiger partial charge on any atom is -0.380 e. The van der Waals surface area contributed by atoms with Gasteiger partial charge in [0.25, 0.3) is 0 Å². The lowest BCUT2D eigenvalue weighted by molar-refractivity contribution is -0.111. The summed E-state index contributed by atoms with van der Waals surface area (Å²) >= 11 is 0. The molecule has 8 heteroatoms. The molecule has 3 aromatic rings. The maximum atomic E-state index is 12.2. The number of carbonyl (C=O) groups is 1. The fourth-order valence-electron chi connectivity index (χ4n) is 4.26. The number of anilines is 5. The molecule has 2 heterocycles. The molecule has 2 aromatic carbocycles. The first-order valence-electron chi connectivity index (χ1n) is 12.5. The van der Waals surface area contributed by atoms with Gasteiger partial charge in [0.2, 0.25) is 5.91 Å². The van der Waals surface area contributed by atoms with Crippen molar-refractivity contribution < 1.29 is 4.79 Å². The van der Waals surface area contributed by atoms with E-state index in [4.69, 9.17) is 6.42 Å². The van der Waals surface area contributed by atoms with Crippen molar-refractivity contribution in [2.45, 2.75) is 13.5 Å². The second-order valence-corrected chi connectivity index (χ2v) is 8.89. The highest BCUT2D eigenvalue weighted by molar-refractivity contribution is 6.02. The van der Waals surface area contributed by atoms with E-state index < -0.39 is 0 Å². The summed E-state index contributed by atoms with van der Waals surface area (Å²) in [5.74, 6) is 2.84. The normalized spacial score (nSPS) is 13.2. The van der Waals surface area contributed by atoms with E-state index in [0.717, 1.165) is 49.5 Å². The number of hydrogen-bond acceptors (Lipinski definition) is 7. The number of piperazine rings is 1. The van der Waals surface area contributed by atoms with Crippen LogP contribution < -0.4 is 20.9 Å². The van der Waals surface area contributed by atoms with Gasteiger partial charge in [-0.25, -0.2) is 4.98 Å². The average molecular weight is 506 g/mol. The van der Waals surface area contributed by atoms with E-state index in [0.29, 0.717) is 35.0 Å². The first-order valence-corrected chi connectivity index (χ1v) is 12.5. The Bertz CT molecular complexity index is 1380. The Labute approximate surface area is 224 Å². The quantitative estimate of drug-likeness (QED) is 0.290. The van der Waals surface area contributed by atoms with Gasteiger partial charge in [-0.1, -0.05) is 31.6 Å². The fraction of sp³-hybridized carbons (Fsp3) is 0.233. The van der Waals surface area contributed by atoms with Crippen molar-refractivity contribution in [2.24, 2.45) is 0 Å². The number of rotatable bonds is 9. The summed E-state index contributed by atoms with van der Waals surface area (Å²) in [6, 6.07) is 17.6. The van der Waals surface area contributed by atoms with E-state index in [1.165, 1.54) is 12.3 Å². The Balaban J connectivity index is 1.54. The first kappa shape index (κ1) is 26.3. The molecule has 0 unspecified atom stereocenters. The smallest absolute Gasteiger partial charge is 0.247 e. The Morgan fingerprint density at radius 2 is 1.87 bits per heavy atom. The number of aromatic nitrogens is 1. The Hall–Kier alpha value is -4.79. The predicted molar refractivity (Wildman–Crippen MR) is 154 cm³/mol. The summed E-state index contributed by atoms with van der Waals surface area (Å²) in [6.07, 6.45) is 8.20. The highest BCUT2D eigenvalue weighted by Crippen LogP contribution is 2.31. The molecule has 0 spiro atoms. The third-order valence-corrected chi connectivity index (χ3v) is 6.52. The summed E-state index contributed by atoms with van der Waals surface area (Å²) in [5, 5.41) is 19.1. The van der Waals surface area contributed by atoms with Crippen LogP contribution in [0.2, 0.25) is 0 Å². The molecule has 192 valence electrons. The van der Waals surface area contributed by atoms with Gasteiger partial charge in [-0.05, 0) is 48.5 Å². The number of terminal acetylenes is 1. The van der Waals surface area contributed by atoms with Crippen LogP contribution in [-0.2, 0) is 11.3 Å². The van der Waals surface area contributed by atoms with Crippen molar-refractivity contribution in [2.75, 3.05) is 53.6 Å². The van der Waals surface area contributed by atoms with Gasteiger partial charge in [-0.2, -0.15) is 5.26 Å². The molecule has 1 aliphatic rings. The standard InChI is InChI=1S/C30H31N7O/c1-4-22-7-9-23(10-8-22)20-32-27-18-29(33-21-24(27)19-31)34-26-12-11-25(17-28(26)35-30(38)5-2)37-15-13-36(6-3)14-16-37/h1,5,7-12,17-18,21H,2,6,13-16,20H2,3H3,(H,35,38)(H2,32,33,34). The van der Waals surface area contributed by atoms with Crippen LogP contribution in [0.4, 0.5) is 28.6 Å². The highest BCUT2D eigenvalue weighted by Gasteiger charge is 2.18. The topological polar surface area (TPSA) is 96.3 Å². The molecule has 0 atom stereocenters. The summed E-state index contributed by atoms with van der Waals surface area (Å²) < 4.78 is 0. The van der Waals surface area contributed by atoms with Gasteiger partial charge in [0, 0.05) is 56.2 Å². The summed E-state index contributed by atoms with van der Waals surface area (Å²) in [5.41, 5.74) is 5.27. The van der Waals surface area contributed by atoms with E-state index in [9.17, 15) is 10.1 Å². The maximum Gasteiger partial charge on any atom is 0.247 e. The number of nitrogens with zero attached hydrogens (tertiary/aromatic N) is 4. The predicted octanol–water partition coefficient (Wildman–Crippen LogP) is 4.56. The number of nitrogens with one attached hydrogen (secondary N) is 3. The van der Waals surface area contributed by atoms with E-state index in [-0.39, 0.29) is 5.91 Å². The zero-order chi connectivity index (χ0) is 26.9. The molecular weight excluding hydrogens is 474 g/mol. The largest absolute Gasteiger partial charge is 0.380 e. The lowest BCUT2D eigenvalue weighted by atomic mass is 10.1. The Morgan fingerprint density at radius 3 is 2.53 bits per heavy atom. The average Bonchev–Trinajstić information content (AvgIpc) is 2.97. The molecule has 0 radical (unpaired) electrons. The molecule has 38 heavy (non-hydrogen) atoms. The number of nitriles is 1. The summed E-state index contributed by atoms with van der Waals surface area (Å²) in [7, 11) is 0. The molecule has 0 saturated carbocycles. The second-order valence-electron chi connectivity index (χ2n) is 8.89. The van der Waals surface area contributed by atoms with Crippen LogP contribution in [0.3, 0.4) is 0 Å².